The van der Waals surface area contributed by atoms with Gasteiger partial charge in [-0.25, -0.2) is 0 Å². The minimum Gasteiger partial charge on any atom is -0.496 e. The molecule has 0 bridgehead atoms. The minimum absolute atomic E-state index is 0.0360. The van der Waals surface area contributed by atoms with E-state index in [1.807, 2.05) is 20.8 Å². The van der Waals surface area contributed by atoms with Crippen molar-refractivity contribution in [3.8, 4) is 22.9 Å². The Morgan fingerprint density at radius 1 is 1.17 bits per heavy atom. The van der Waals surface area contributed by atoms with Crippen LogP contribution in [-0.2, 0) is 6.54 Å². The van der Waals surface area contributed by atoms with E-state index in [9.17, 15) is 18.4 Å². The van der Waals surface area contributed by atoms with Crippen LogP contribution in [0.1, 0.15) is 37.9 Å². The number of nitriles is 1. The van der Waals surface area contributed by atoms with Gasteiger partial charge >= 0.3 is 6.18 Å². The smallest absolute Gasteiger partial charge is 0.407 e. The lowest BCUT2D eigenvalue weighted by Gasteiger charge is -2.20. The third kappa shape index (κ3) is 4.14. The van der Waals surface area contributed by atoms with Crippen molar-refractivity contribution >= 4 is 10.9 Å². The molecule has 2 aromatic carbocycles. The molecular formula is C23H24F3N3O. The number of benzene rings is 2. The molecule has 0 saturated heterocycles. The van der Waals surface area contributed by atoms with Crippen LogP contribution >= 0.6 is 0 Å². The lowest BCUT2D eigenvalue weighted by atomic mass is 9.96. The second-order valence-corrected chi connectivity index (χ2v) is 8.52. The zero-order chi connectivity index (χ0) is 22.3. The first kappa shape index (κ1) is 21.7. The molecular weight excluding hydrogens is 391 g/mol. The summed E-state index contributed by atoms with van der Waals surface area (Å²) < 4.78 is 47.3. The number of ether oxygens (including phenoxy) is 1. The molecule has 4 nitrogen and oxygen atoms in total. The first-order valence-electron chi connectivity index (χ1n) is 9.49. The summed E-state index contributed by atoms with van der Waals surface area (Å²) in [5, 5.41) is 9.98. The largest absolute Gasteiger partial charge is 0.496 e. The van der Waals surface area contributed by atoms with Crippen LogP contribution in [0.3, 0.4) is 0 Å². The maximum absolute atomic E-state index is 13.4. The molecule has 0 aliphatic rings. The molecule has 0 radical (unpaired) electrons. The standard InChI is InChI=1S/C23H24F3N3O/c1-22(2,3)13-29-12-17(21(28)23(24,25)26)16-9-8-14(10-18(16)29)20-15(11-27)6-5-7-19(20)30-4/h5-10,12,21H,13,28H2,1-4H3/t21-/m0/s1. The van der Waals surface area contributed by atoms with Crippen LogP contribution in [0, 0.1) is 16.7 Å². The van der Waals surface area contributed by atoms with Gasteiger partial charge in [0.2, 0.25) is 0 Å². The SMILES string of the molecule is COc1cccc(C#N)c1-c1ccc2c([C@H](N)C(F)(F)F)cn(CC(C)(C)C)c2c1. The molecule has 0 fully saturated rings. The van der Waals surface area contributed by atoms with Gasteiger partial charge in [-0.1, -0.05) is 39.0 Å². The number of aromatic nitrogens is 1. The summed E-state index contributed by atoms with van der Waals surface area (Å²) in [5.41, 5.74) is 7.78. The van der Waals surface area contributed by atoms with Crippen molar-refractivity contribution in [2.75, 3.05) is 7.11 Å². The van der Waals surface area contributed by atoms with E-state index in [-0.39, 0.29) is 11.0 Å². The molecule has 1 heterocycles. The van der Waals surface area contributed by atoms with Gasteiger partial charge in [0.15, 0.2) is 0 Å². The summed E-state index contributed by atoms with van der Waals surface area (Å²) in [6.07, 6.45) is -3.05. The van der Waals surface area contributed by atoms with Crippen molar-refractivity contribution in [3.63, 3.8) is 0 Å². The summed E-state index contributed by atoms with van der Waals surface area (Å²) in [4.78, 5) is 0. The molecule has 0 spiro atoms. The number of halogens is 3. The van der Waals surface area contributed by atoms with E-state index in [4.69, 9.17) is 10.5 Å². The van der Waals surface area contributed by atoms with Crippen LogP contribution in [0.2, 0.25) is 0 Å². The average Bonchev–Trinajstić information content (AvgIpc) is 3.01. The van der Waals surface area contributed by atoms with Crippen molar-refractivity contribution in [1.82, 2.24) is 4.57 Å². The average molecular weight is 415 g/mol. The van der Waals surface area contributed by atoms with Gasteiger partial charge in [-0.15, -0.1) is 0 Å². The summed E-state index contributed by atoms with van der Waals surface area (Å²) in [6, 6.07) is 10.4. The van der Waals surface area contributed by atoms with Crippen LogP contribution in [0.4, 0.5) is 13.2 Å². The number of rotatable bonds is 4. The normalized spacial score (nSPS) is 13.3. The molecule has 0 unspecified atom stereocenters. The Labute approximate surface area is 173 Å². The van der Waals surface area contributed by atoms with Gasteiger partial charge < -0.3 is 15.0 Å². The lowest BCUT2D eigenvalue weighted by molar-refractivity contribution is -0.148. The van der Waals surface area contributed by atoms with Gasteiger partial charge in [-0.3, -0.25) is 0 Å². The highest BCUT2D eigenvalue weighted by Crippen LogP contribution is 2.40. The third-order valence-corrected chi connectivity index (χ3v) is 4.90. The quantitative estimate of drug-likeness (QED) is 0.586. The lowest BCUT2D eigenvalue weighted by Crippen LogP contribution is -2.28. The first-order chi connectivity index (χ1) is 14.0. The summed E-state index contributed by atoms with van der Waals surface area (Å²) >= 11 is 0. The second-order valence-electron chi connectivity index (χ2n) is 8.52. The highest BCUT2D eigenvalue weighted by atomic mass is 19.4. The van der Waals surface area contributed by atoms with E-state index in [0.717, 1.165) is 0 Å². The fourth-order valence-electron chi connectivity index (χ4n) is 3.63. The maximum Gasteiger partial charge on any atom is 0.407 e. The second kappa shape index (κ2) is 7.69. The Morgan fingerprint density at radius 2 is 1.87 bits per heavy atom. The predicted octanol–water partition coefficient (Wildman–Crippen LogP) is 5.80. The number of nitrogens with two attached hydrogens (primary N) is 1. The van der Waals surface area contributed by atoms with Crippen LogP contribution in [0.25, 0.3) is 22.0 Å². The first-order valence-corrected chi connectivity index (χ1v) is 9.49. The Balaban J connectivity index is 2.29. The van der Waals surface area contributed by atoms with Crippen LogP contribution in [0.15, 0.2) is 42.6 Å². The van der Waals surface area contributed by atoms with Crippen molar-refractivity contribution in [3.05, 3.63) is 53.7 Å². The summed E-state index contributed by atoms with van der Waals surface area (Å²) in [5.74, 6) is 0.523. The monoisotopic (exact) mass is 415 g/mol. The molecule has 3 rings (SSSR count). The molecule has 2 N–H and O–H groups in total. The van der Waals surface area contributed by atoms with Crippen molar-refractivity contribution in [2.45, 2.75) is 39.5 Å². The van der Waals surface area contributed by atoms with Gasteiger partial charge in [0.25, 0.3) is 0 Å². The number of nitrogens with zero attached hydrogens (tertiary/aromatic N) is 2. The van der Waals surface area contributed by atoms with Gasteiger partial charge in [0.1, 0.15) is 11.8 Å². The fraction of sp³-hybridized carbons (Fsp3) is 0.348. The van der Waals surface area contributed by atoms with Crippen molar-refractivity contribution in [1.29, 1.82) is 5.26 Å². The van der Waals surface area contributed by atoms with Crippen LogP contribution < -0.4 is 10.5 Å². The van der Waals surface area contributed by atoms with E-state index < -0.39 is 12.2 Å². The third-order valence-electron chi connectivity index (χ3n) is 4.90. The zero-order valence-electron chi connectivity index (χ0n) is 17.3. The van der Waals surface area contributed by atoms with E-state index in [1.54, 1.807) is 41.0 Å². The van der Waals surface area contributed by atoms with E-state index in [1.165, 1.54) is 13.3 Å². The Hall–Kier alpha value is -2.98. The molecule has 1 aromatic heterocycles. The molecule has 7 heteroatoms. The highest BCUT2D eigenvalue weighted by molar-refractivity contribution is 5.90. The molecule has 30 heavy (non-hydrogen) atoms. The fourth-order valence-corrected chi connectivity index (χ4v) is 3.63. The molecule has 0 aliphatic carbocycles. The van der Waals surface area contributed by atoms with Gasteiger partial charge in [0.05, 0.1) is 18.7 Å². The highest BCUT2D eigenvalue weighted by Gasteiger charge is 2.39. The van der Waals surface area contributed by atoms with Gasteiger partial charge in [0, 0.05) is 34.8 Å². The van der Waals surface area contributed by atoms with Crippen molar-refractivity contribution in [2.24, 2.45) is 11.1 Å². The molecule has 3 aromatic rings. The minimum atomic E-state index is -4.55. The molecule has 0 saturated carbocycles. The van der Waals surface area contributed by atoms with Gasteiger partial charge in [-0.2, -0.15) is 18.4 Å². The van der Waals surface area contributed by atoms with Crippen LogP contribution in [-0.4, -0.2) is 17.9 Å². The summed E-state index contributed by atoms with van der Waals surface area (Å²) in [7, 11) is 1.52. The predicted molar refractivity (Wildman–Crippen MR) is 111 cm³/mol. The van der Waals surface area contributed by atoms with E-state index >= 15 is 0 Å². The molecule has 0 amide bonds. The molecule has 1 atom stereocenters. The number of fused-ring (bicyclic) bond motifs is 1. The molecule has 158 valence electrons. The Bertz CT molecular complexity index is 1120. The van der Waals surface area contributed by atoms with Gasteiger partial charge in [-0.05, 0) is 29.2 Å². The number of hydrogen-bond acceptors (Lipinski definition) is 3. The number of hydrogen-bond donors (Lipinski definition) is 1. The summed E-state index contributed by atoms with van der Waals surface area (Å²) in [6.45, 7) is 6.55. The Morgan fingerprint density at radius 3 is 2.43 bits per heavy atom. The Kier molecular flexibility index (Phi) is 5.57. The molecule has 0 aliphatic heterocycles. The number of methoxy groups -OCH3 is 1. The topological polar surface area (TPSA) is 64.0 Å². The van der Waals surface area contributed by atoms with E-state index in [0.29, 0.717) is 39.9 Å². The van der Waals surface area contributed by atoms with Crippen LogP contribution in [0.5, 0.6) is 5.75 Å². The van der Waals surface area contributed by atoms with Crippen molar-refractivity contribution < 1.29 is 17.9 Å². The maximum atomic E-state index is 13.4. The number of alkyl halides is 3. The zero-order valence-corrected chi connectivity index (χ0v) is 17.3. The van der Waals surface area contributed by atoms with E-state index in [2.05, 4.69) is 6.07 Å².